The molecule has 0 aliphatic carbocycles. The zero-order chi connectivity index (χ0) is 12.6. The van der Waals surface area contributed by atoms with Crippen LogP contribution in [-0.4, -0.2) is 48.3 Å². The molecule has 0 aromatic heterocycles. The van der Waals surface area contributed by atoms with E-state index in [2.05, 4.69) is 6.92 Å². The predicted molar refractivity (Wildman–Crippen MR) is 65.1 cm³/mol. The second-order valence-electron chi connectivity index (χ2n) is 4.11. The molecule has 4 nitrogen and oxygen atoms in total. The second kappa shape index (κ2) is 8.13. The van der Waals surface area contributed by atoms with Gasteiger partial charge in [-0.25, -0.2) is 0 Å². The van der Waals surface area contributed by atoms with Gasteiger partial charge in [-0.15, -0.1) is 0 Å². The van der Waals surface area contributed by atoms with Crippen molar-refractivity contribution in [2.45, 2.75) is 40.0 Å². The van der Waals surface area contributed by atoms with Gasteiger partial charge in [-0.2, -0.15) is 0 Å². The molecule has 0 rings (SSSR count). The Hall–Kier alpha value is -1.06. The summed E-state index contributed by atoms with van der Waals surface area (Å²) < 4.78 is 0. The van der Waals surface area contributed by atoms with Crippen molar-refractivity contribution in [3.63, 3.8) is 0 Å². The van der Waals surface area contributed by atoms with Crippen molar-refractivity contribution in [2.75, 3.05) is 26.7 Å². The van der Waals surface area contributed by atoms with Crippen LogP contribution in [0.2, 0.25) is 0 Å². The van der Waals surface area contributed by atoms with E-state index in [0.717, 1.165) is 25.8 Å². The molecule has 0 saturated heterocycles. The Morgan fingerprint density at radius 3 is 2.12 bits per heavy atom. The molecule has 0 unspecified atom stereocenters. The topological polar surface area (TPSA) is 40.6 Å². The van der Waals surface area contributed by atoms with E-state index in [9.17, 15) is 9.59 Å². The van der Waals surface area contributed by atoms with E-state index in [1.54, 1.807) is 16.8 Å². The van der Waals surface area contributed by atoms with Crippen molar-refractivity contribution in [2.24, 2.45) is 0 Å². The lowest BCUT2D eigenvalue weighted by Gasteiger charge is -2.23. The molecule has 0 aliphatic rings. The maximum atomic E-state index is 11.8. The van der Waals surface area contributed by atoms with Crippen LogP contribution >= 0.6 is 0 Å². The molecule has 16 heavy (non-hydrogen) atoms. The van der Waals surface area contributed by atoms with Crippen LogP contribution in [0.4, 0.5) is 0 Å². The molecule has 0 atom stereocenters. The standard InChI is InChI=1S/C12H24N2O2/c1-5-7-9-13(4)12(16)10-14(8-6-2)11(3)15/h5-10H2,1-4H3. The van der Waals surface area contributed by atoms with Crippen LogP contribution in [0.25, 0.3) is 0 Å². The number of carbonyl (C=O) groups is 2. The lowest BCUT2D eigenvalue weighted by molar-refractivity contribution is -0.138. The minimum Gasteiger partial charge on any atom is -0.344 e. The highest BCUT2D eigenvalue weighted by Crippen LogP contribution is 1.97. The first-order valence-electron chi connectivity index (χ1n) is 6.02. The SMILES string of the molecule is CCCCN(C)C(=O)CN(CCC)C(C)=O. The first kappa shape index (κ1) is 14.9. The van der Waals surface area contributed by atoms with E-state index >= 15 is 0 Å². The Morgan fingerprint density at radius 2 is 1.69 bits per heavy atom. The first-order valence-corrected chi connectivity index (χ1v) is 6.02. The average Bonchev–Trinajstić information content (AvgIpc) is 2.24. The van der Waals surface area contributed by atoms with Gasteiger partial charge in [0.2, 0.25) is 11.8 Å². The molecule has 2 amide bonds. The number of unbranched alkanes of at least 4 members (excludes halogenated alkanes) is 1. The van der Waals surface area contributed by atoms with Gasteiger partial charge >= 0.3 is 0 Å². The van der Waals surface area contributed by atoms with E-state index < -0.39 is 0 Å². The molecule has 0 aromatic rings. The molecule has 4 heteroatoms. The zero-order valence-electron chi connectivity index (χ0n) is 11.0. The lowest BCUT2D eigenvalue weighted by Crippen LogP contribution is -2.41. The van der Waals surface area contributed by atoms with E-state index in [1.807, 2.05) is 6.92 Å². The summed E-state index contributed by atoms with van der Waals surface area (Å²) in [6.07, 6.45) is 2.96. The van der Waals surface area contributed by atoms with Gasteiger partial charge in [0.1, 0.15) is 0 Å². The Balaban J connectivity index is 4.12. The zero-order valence-corrected chi connectivity index (χ0v) is 11.0. The van der Waals surface area contributed by atoms with Crippen LogP contribution < -0.4 is 0 Å². The number of amides is 2. The Kier molecular flexibility index (Phi) is 7.60. The summed E-state index contributed by atoms with van der Waals surface area (Å²) in [7, 11) is 1.79. The van der Waals surface area contributed by atoms with Crippen molar-refractivity contribution in [3.05, 3.63) is 0 Å². The fraction of sp³-hybridized carbons (Fsp3) is 0.833. The summed E-state index contributed by atoms with van der Waals surface area (Å²) in [5.74, 6) is -0.00353. The monoisotopic (exact) mass is 228 g/mol. The van der Waals surface area contributed by atoms with Crippen LogP contribution in [0, 0.1) is 0 Å². The van der Waals surface area contributed by atoms with Gasteiger partial charge in [-0.05, 0) is 12.8 Å². The molecule has 0 heterocycles. The molecule has 0 N–H and O–H groups in total. The third-order valence-electron chi connectivity index (χ3n) is 2.54. The molecular weight excluding hydrogens is 204 g/mol. The van der Waals surface area contributed by atoms with Crippen LogP contribution in [0.1, 0.15) is 40.0 Å². The van der Waals surface area contributed by atoms with Crippen LogP contribution in [0.3, 0.4) is 0 Å². The molecule has 0 spiro atoms. The molecule has 94 valence electrons. The largest absolute Gasteiger partial charge is 0.344 e. The third kappa shape index (κ3) is 5.73. The van der Waals surface area contributed by atoms with E-state index in [1.165, 1.54) is 6.92 Å². The summed E-state index contributed by atoms with van der Waals surface area (Å²) in [6, 6.07) is 0. The predicted octanol–water partition coefficient (Wildman–Crippen LogP) is 1.50. The summed E-state index contributed by atoms with van der Waals surface area (Å²) >= 11 is 0. The van der Waals surface area contributed by atoms with Gasteiger partial charge < -0.3 is 9.80 Å². The Labute approximate surface area is 98.6 Å². The molecule has 0 aliphatic heterocycles. The minimum atomic E-state index is -0.0286. The van der Waals surface area contributed by atoms with Gasteiger partial charge in [0, 0.05) is 27.1 Å². The molecule has 0 bridgehead atoms. The van der Waals surface area contributed by atoms with Gasteiger partial charge in [0.25, 0.3) is 0 Å². The van der Waals surface area contributed by atoms with Gasteiger partial charge in [-0.1, -0.05) is 20.3 Å². The van der Waals surface area contributed by atoms with Gasteiger partial charge in [0.05, 0.1) is 6.54 Å². The number of rotatable bonds is 7. The van der Waals surface area contributed by atoms with Crippen LogP contribution in [0.5, 0.6) is 0 Å². The average molecular weight is 228 g/mol. The fourth-order valence-electron chi connectivity index (χ4n) is 1.42. The molecular formula is C12H24N2O2. The van der Waals surface area contributed by atoms with Crippen molar-refractivity contribution < 1.29 is 9.59 Å². The number of likely N-dealkylation sites (N-methyl/N-ethyl adjacent to an activating group) is 1. The molecule has 0 saturated carbocycles. The van der Waals surface area contributed by atoms with Crippen molar-refractivity contribution in [3.8, 4) is 0 Å². The minimum absolute atomic E-state index is 0.0251. The van der Waals surface area contributed by atoms with E-state index in [0.29, 0.717) is 6.54 Å². The summed E-state index contributed by atoms with van der Waals surface area (Å²) in [5.41, 5.74) is 0. The smallest absolute Gasteiger partial charge is 0.241 e. The number of hydrogen-bond donors (Lipinski definition) is 0. The highest BCUT2D eigenvalue weighted by Gasteiger charge is 2.15. The summed E-state index contributed by atoms with van der Waals surface area (Å²) in [4.78, 5) is 26.3. The normalized spacial score (nSPS) is 10.0. The lowest BCUT2D eigenvalue weighted by atomic mass is 10.3. The maximum absolute atomic E-state index is 11.8. The molecule has 0 radical (unpaired) electrons. The summed E-state index contributed by atoms with van der Waals surface area (Å²) in [5, 5.41) is 0. The van der Waals surface area contributed by atoms with Crippen LogP contribution in [-0.2, 0) is 9.59 Å². The second-order valence-corrected chi connectivity index (χ2v) is 4.11. The third-order valence-corrected chi connectivity index (χ3v) is 2.54. The highest BCUT2D eigenvalue weighted by molar-refractivity contribution is 5.83. The Bertz CT molecular complexity index is 229. The summed E-state index contributed by atoms with van der Waals surface area (Å²) in [6.45, 7) is 7.24. The van der Waals surface area contributed by atoms with Crippen LogP contribution in [0.15, 0.2) is 0 Å². The maximum Gasteiger partial charge on any atom is 0.241 e. The number of hydrogen-bond acceptors (Lipinski definition) is 2. The fourth-order valence-corrected chi connectivity index (χ4v) is 1.42. The van der Waals surface area contributed by atoms with Gasteiger partial charge in [0.15, 0.2) is 0 Å². The quantitative estimate of drug-likeness (QED) is 0.662. The van der Waals surface area contributed by atoms with Crippen molar-refractivity contribution in [1.29, 1.82) is 0 Å². The highest BCUT2D eigenvalue weighted by atomic mass is 16.2. The number of carbonyl (C=O) groups excluding carboxylic acids is 2. The molecule has 0 aromatic carbocycles. The van der Waals surface area contributed by atoms with E-state index in [-0.39, 0.29) is 18.4 Å². The van der Waals surface area contributed by atoms with E-state index in [4.69, 9.17) is 0 Å². The number of nitrogens with zero attached hydrogens (tertiary/aromatic N) is 2. The first-order chi connectivity index (χ1) is 7.52. The van der Waals surface area contributed by atoms with Crippen molar-refractivity contribution >= 4 is 11.8 Å². The molecule has 0 fully saturated rings. The van der Waals surface area contributed by atoms with Gasteiger partial charge in [-0.3, -0.25) is 9.59 Å². The Morgan fingerprint density at radius 1 is 1.06 bits per heavy atom. The van der Waals surface area contributed by atoms with Crippen molar-refractivity contribution in [1.82, 2.24) is 9.80 Å².